The molecular formula is C18H30IN3O. The fourth-order valence-electron chi connectivity index (χ4n) is 2.65. The van der Waals surface area contributed by atoms with Crippen LogP contribution in [0, 0.1) is 5.92 Å². The van der Waals surface area contributed by atoms with Crippen LogP contribution in [-0.2, 0) is 6.54 Å². The number of nitrogens with one attached hydrogen (secondary N) is 1. The van der Waals surface area contributed by atoms with Gasteiger partial charge in [-0.05, 0) is 44.1 Å². The minimum absolute atomic E-state index is 0. The van der Waals surface area contributed by atoms with Crippen LogP contribution >= 0.6 is 24.0 Å². The number of ether oxygens (including phenoxy) is 1. The van der Waals surface area contributed by atoms with Crippen LogP contribution in [0.3, 0.4) is 0 Å². The molecule has 3 N–H and O–H groups in total. The Morgan fingerprint density at radius 1 is 1.30 bits per heavy atom. The minimum atomic E-state index is 0. The SMILES string of the molecule is CC(C)CCNC(N)=NCc1ccccc1OC1CCCC1.I. The number of hydrogen-bond acceptors (Lipinski definition) is 2. The van der Waals surface area contributed by atoms with Gasteiger partial charge in [-0.1, -0.05) is 32.0 Å². The Bertz CT molecular complexity index is 485. The summed E-state index contributed by atoms with van der Waals surface area (Å²) in [5, 5.41) is 3.16. The van der Waals surface area contributed by atoms with Crippen molar-refractivity contribution in [2.75, 3.05) is 6.54 Å². The zero-order valence-electron chi connectivity index (χ0n) is 14.3. The summed E-state index contributed by atoms with van der Waals surface area (Å²) in [6.45, 7) is 5.83. The molecule has 1 aliphatic carbocycles. The van der Waals surface area contributed by atoms with E-state index in [1.54, 1.807) is 0 Å². The fourth-order valence-corrected chi connectivity index (χ4v) is 2.65. The van der Waals surface area contributed by atoms with Crippen LogP contribution in [-0.4, -0.2) is 18.6 Å². The van der Waals surface area contributed by atoms with Gasteiger partial charge in [0.2, 0.25) is 0 Å². The second kappa shape index (κ2) is 10.7. The molecule has 0 spiro atoms. The third-order valence-electron chi connectivity index (χ3n) is 4.02. The van der Waals surface area contributed by atoms with Crippen molar-refractivity contribution >= 4 is 29.9 Å². The largest absolute Gasteiger partial charge is 0.490 e. The molecule has 0 unspecified atom stereocenters. The Morgan fingerprint density at radius 3 is 2.70 bits per heavy atom. The summed E-state index contributed by atoms with van der Waals surface area (Å²) in [5.41, 5.74) is 7.02. The predicted molar refractivity (Wildman–Crippen MR) is 108 cm³/mol. The summed E-state index contributed by atoms with van der Waals surface area (Å²) in [7, 11) is 0. The molecule has 0 heterocycles. The van der Waals surface area contributed by atoms with Crippen LogP contribution in [0.5, 0.6) is 5.75 Å². The number of aliphatic imine (C=N–C) groups is 1. The van der Waals surface area contributed by atoms with Crippen molar-refractivity contribution in [2.24, 2.45) is 16.6 Å². The summed E-state index contributed by atoms with van der Waals surface area (Å²) in [6, 6.07) is 8.14. The molecule has 2 rings (SSSR count). The fraction of sp³-hybridized carbons (Fsp3) is 0.611. The van der Waals surface area contributed by atoms with Gasteiger partial charge in [-0.3, -0.25) is 0 Å². The highest BCUT2D eigenvalue weighted by Gasteiger charge is 2.17. The predicted octanol–water partition coefficient (Wildman–Crippen LogP) is 4.08. The summed E-state index contributed by atoms with van der Waals surface area (Å²) >= 11 is 0. The number of benzene rings is 1. The van der Waals surface area contributed by atoms with Gasteiger partial charge in [0.05, 0.1) is 12.6 Å². The summed E-state index contributed by atoms with van der Waals surface area (Å²) < 4.78 is 6.12. The van der Waals surface area contributed by atoms with Crippen LogP contribution in [0.2, 0.25) is 0 Å². The van der Waals surface area contributed by atoms with E-state index in [4.69, 9.17) is 10.5 Å². The lowest BCUT2D eigenvalue weighted by molar-refractivity contribution is 0.208. The number of para-hydroxylation sites is 1. The summed E-state index contributed by atoms with van der Waals surface area (Å²) in [4.78, 5) is 4.43. The highest BCUT2D eigenvalue weighted by atomic mass is 127. The van der Waals surface area contributed by atoms with Gasteiger partial charge in [0, 0.05) is 12.1 Å². The summed E-state index contributed by atoms with van der Waals surface area (Å²) in [5.74, 6) is 2.13. The Morgan fingerprint density at radius 2 is 2.00 bits per heavy atom. The lowest BCUT2D eigenvalue weighted by Crippen LogP contribution is -2.32. The number of rotatable bonds is 7. The van der Waals surface area contributed by atoms with E-state index in [1.807, 2.05) is 18.2 Å². The van der Waals surface area contributed by atoms with Crippen LogP contribution in [0.1, 0.15) is 51.5 Å². The average Bonchev–Trinajstić information content (AvgIpc) is 2.99. The lowest BCUT2D eigenvalue weighted by Gasteiger charge is -2.16. The maximum absolute atomic E-state index is 6.12. The van der Waals surface area contributed by atoms with Gasteiger partial charge >= 0.3 is 0 Å². The number of hydrogen-bond donors (Lipinski definition) is 2. The van der Waals surface area contributed by atoms with E-state index in [-0.39, 0.29) is 24.0 Å². The molecule has 4 nitrogen and oxygen atoms in total. The van der Waals surface area contributed by atoms with Crippen molar-refractivity contribution in [3.8, 4) is 5.75 Å². The topological polar surface area (TPSA) is 59.6 Å². The highest BCUT2D eigenvalue weighted by Crippen LogP contribution is 2.26. The summed E-state index contributed by atoms with van der Waals surface area (Å²) in [6.07, 6.45) is 6.34. The number of nitrogens with two attached hydrogens (primary N) is 1. The van der Waals surface area contributed by atoms with Crippen molar-refractivity contribution < 1.29 is 4.74 Å². The molecule has 1 aromatic rings. The first-order valence-electron chi connectivity index (χ1n) is 8.43. The Kier molecular flexibility index (Phi) is 9.36. The van der Waals surface area contributed by atoms with Gasteiger partial charge in [0.1, 0.15) is 5.75 Å². The molecule has 1 fully saturated rings. The van der Waals surface area contributed by atoms with Gasteiger partial charge in [-0.2, -0.15) is 0 Å². The molecule has 1 aliphatic rings. The van der Waals surface area contributed by atoms with Gasteiger partial charge in [0.25, 0.3) is 0 Å². The van der Waals surface area contributed by atoms with E-state index in [9.17, 15) is 0 Å². The van der Waals surface area contributed by atoms with Gasteiger partial charge in [-0.15, -0.1) is 24.0 Å². The van der Waals surface area contributed by atoms with Crippen molar-refractivity contribution in [1.29, 1.82) is 0 Å². The van der Waals surface area contributed by atoms with Crippen LogP contribution < -0.4 is 15.8 Å². The smallest absolute Gasteiger partial charge is 0.188 e. The zero-order chi connectivity index (χ0) is 15.8. The van der Waals surface area contributed by atoms with Gasteiger partial charge < -0.3 is 15.8 Å². The van der Waals surface area contributed by atoms with E-state index < -0.39 is 0 Å². The maximum Gasteiger partial charge on any atom is 0.188 e. The van der Waals surface area contributed by atoms with E-state index in [2.05, 4.69) is 30.2 Å². The first kappa shape index (κ1) is 20.1. The lowest BCUT2D eigenvalue weighted by atomic mass is 10.1. The normalized spacial score (nSPS) is 15.5. The molecular weight excluding hydrogens is 401 g/mol. The first-order chi connectivity index (χ1) is 10.6. The van der Waals surface area contributed by atoms with Gasteiger partial charge in [-0.25, -0.2) is 4.99 Å². The Hall–Kier alpha value is -0.980. The molecule has 130 valence electrons. The minimum Gasteiger partial charge on any atom is -0.490 e. The average molecular weight is 431 g/mol. The van der Waals surface area contributed by atoms with E-state index in [0.717, 1.165) is 37.1 Å². The standard InChI is InChI=1S/C18H29N3O.HI/c1-14(2)11-12-20-18(19)21-13-15-7-3-6-10-17(15)22-16-8-4-5-9-16;/h3,6-7,10,14,16H,4-5,8-9,11-13H2,1-2H3,(H3,19,20,21);1H. The maximum atomic E-state index is 6.12. The molecule has 1 saturated carbocycles. The third kappa shape index (κ3) is 7.42. The second-order valence-corrected chi connectivity index (χ2v) is 6.44. The third-order valence-corrected chi connectivity index (χ3v) is 4.02. The number of guanidine groups is 1. The molecule has 23 heavy (non-hydrogen) atoms. The number of nitrogens with zero attached hydrogens (tertiary/aromatic N) is 1. The molecule has 1 aromatic carbocycles. The molecule has 0 amide bonds. The highest BCUT2D eigenvalue weighted by molar-refractivity contribution is 14.0. The molecule has 0 saturated heterocycles. The molecule has 0 aliphatic heterocycles. The van der Waals surface area contributed by atoms with Crippen molar-refractivity contribution in [3.05, 3.63) is 29.8 Å². The van der Waals surface area contributed by atoms with Crippen LogP contribution in [0.25, 0.3) is 0 Å². The second-order valence-electron chi connectivity index (χ2n) is 6.44. The Balaban J connectivity index is 0.00000264. The molecule has 0 radical (unpaired) electrons. The monoisotopic (exact) mass is 431 g/mol. The molecule has 0 atom stereocenters. The molecule has 0 aromatic heterocycles. The van der Waals surface area contributed by atoms with Crippen molar-refractivity contribution in [2.45, 2.75) is 58.6 Å². The molecule has 5 heteroatoms. The number of halogens is 1. The van der Waals surface area contributed by atoms with Gasteiger partial charge in [0.15, 0.2) is 5.96 Å². The first-order valence-corrected chi connectivity index (χ1v) is 8.43. The van der Waals surface area contributed by atoms with E-state index >= 15 is 0 Å². The molecule has 0 bridgehead atoms. The van der Waals surface area contributed by atoms with Crippen molar-refractivity contribution in [1.82, 2.24) is 5.32 Å². The van der Waals surface area contributed by atoms with Crippen LogP contribution in [0.15, 0.2) is 29.3 Å². The Labute approximate surface area is 157 Å². The van der Waals surface area contributed by atoms with Crippen LogP contribution in [0.4, 0.5) is 0 Å². The zero-order valence-corrected chi connectivity index (χ0v) is 16.6. The van der Waals surface area contributed by atoms with Crippen molar-refractivity contribution in [3.63, 3.8) is 0 Å². The quantitative estimate of drug-likeness (QED) is 0.389. The van der Waals surface area contributed by atoms with E-state index in [1.165, 1.54) is 12.8 Å². The van der Waals surface area contributed by atoms with E-state index in [0.29, 0.717) is 24.5 Å².